The molecule has 0 amide bonds. The average molecular weight is 782 g/mol. The van der Waals surface area contributed by atoms with Gasteiger partial charge in [-0.05, 0) is 20.1 Å². The minimum absolute atomic E-state index is 0.514. The summed E-state index contributed by atoms with van der Waals surface area (Å²) in [6.07, 6.45) is -51.6. The van der Waals surface area contributed by atoms with Crippen LogP contribution in [0.15, 0.2) is 10.2 Å². The van der Waals surface area contributed by atoms with Crippen molar-refractivity contribution >= 4 is 0 Å². The minimum Gasteiger partial charge on any atom is -0.306 e. The molecule has 0 aliphatic carbocycles. The van der Waals surface area contributed by atoms with Crippen LogP contribution in [0.2, 0.25) is 0 Å². The fourth-order valence-corrected chi connectivity index (χ4v) is 1.33. The monoisotopic (exact) mass is 782 g/mol. The summed E-state index contributed by atoms with van der Waals surface area (Å²) in [4.78, 5) is 7.21. The van der Waals surface area contributed by atoms with E-state index >= 15 is 0 Å². The van der Waals surface area contributed by atoms with Crippen molar-refractivity contribution in [1.82, 2.24) is 0 Å². The van der Waals surface area contributed by atoms with Gasteiger partial charge in [-0.25, -0.2) is 4.39 Å². The van der Waals surface area contributed by atoms with Gasteiger partial charge in [0.2, 0.25) is 0 Å². The van der Waals surface area contributed by atoms with Crippen molar-refractivity contribution in [1.29, 1.82) is 0 Å². The SMILES string of the molecule is FOC(F)(F)C(F)(F)OC(F)(C(F)(F)F)C(F)(F)OCC(F)(F)F.FOC(F)(F)CC(F)(F)F.[N-]=[N+]=NCCC(F)(F)F.[N-]=[N+]=NCF. The molecule has 0 spiro atoms. The van der Waals surface area contributed by atoms with E-state index in [2.05, 4.69) is 24.8 Å². The lowest BCUT2D eigenvalue weighted by Gasteiger charge is -2.36. The van der Waals surface area contributed by atoms with Gasteiger partial charge in [0, 0.05) is 22.8 Å². The first-order valence-corrected chi connectivity index (χ1v) is 9.95. The average Bonchev–Trinajstić information content (AvgIpc) is 2.86. The van der Waals surface area contributed by atoms with Crippen LogP contribution in [0.4, 0.5) is 106 Å². The molecule has 0 aromatic rings. The van der Waals surface area contributed by atoms with Crippen LogP contribution in [0.25, 0.3) is 20.9 Å². The molecule has 0 aliphatic rings. The van der Waals surface area contributed by atoms with E-state index in [1.165, 1.54) is 4.94 Å². The third-order valence-electron chi connectivity index (χ3n) is 3.05. The standard InChI is InChI=1S/C7H2F14O3.C3H2F6O.C3H4F3N3.CH2FN3/c8-2(9,10)1-22-5(15,16)3(11,4(12,13)14)23-6(17,18)7(19,20)24-21;4-2(5,6)1-3(7,8)10-9;4-3(5,6)1-2-8-9-7;2-1-4-5-3/h1H2;1H2;1-2H2;1H2. The summed E-state index contributed by atoms with van der Waals surface area (Å²) in [6.45, 7) is -4.77. The smallest absolute Gasteiger partial charge is 0.306 e. The highest BCUT2D eigenvalue weighted by atomic mass is 19.4. The Kier molecular flexibility index (Phi) is 21.2. The van der Waals surface area contributed by atoms with Crippen molar-refractivity contribution in [3.8, 4) is 0 Å². The third-order valence-corrected chi connectivity index (χ3v) is 3.05. The Hall–Kier alpha value is -3.22. The molecule has 1 atom stereocenters. The van der Waals surface area contributed by atoms with Gasteiger partial charge in [-0.2, -0.15) is 92.2 Å². The molecule has 0 heterocycles. The normalized spacial score (nSPS) is 14.3. The first-order chi connectivity index (χ1) is 21.0. The molecule has 10 nitrogen and oxygen atoms in total. The maximum atomic E-state index is 13.2. The lowest BCUT2D eigenvalue weighted by molar-refractivity contribution is -0.555. The Bertz CT molecular complexity index is 1000. The molecule has 0 saturated carbocycles. The van der Waals surface area contributed by atoms with Crippen LogP contribution < -0.4 is 0 Å². The molecule has 0 aromatic carbocycles. The first-order valence-electron chi connectivity index (χ1n) is 9.95. The van der Waals surface area contributed by atoms with Crippen LogP contribution in [-0.4, -0.2) is 74.9 Å². The van der Waals surface area contributed by atoms with E-state index in [-0.39, 0.29) is 0 Å². The number of azide groups is 2. The molecule has 0 bridgehead atoms. The summed E-state index contributed by atoms with van der Waals surface area (Å²) in [5, 5.41) is 5.20. The minimum atomic E-state index is -7.34. The topological polar surface area (TPSA) is 134 Å². The van der Waals surface area contributed by atoms with Gasteiger partial charge in [-0.3, -0.25) is 4.74 Å². The third kappa shape index (κ3) is 23.2. The molecule has 1 unspecified atom stereocenters. The molecule has 0 fully saturated rings. The Labute approximate surface area is 245 Å². The molecule has 0 N–H and O–H groups in total. The van der Waals surface area contributed by atoms with Crippen molar-refractivity contribution < 1.29 is 125 Å². The Morgan fingerprint density at radius 3 is 1.21 bits per heavy atom. The maximum Gasteiger partial charge on any atom is 0.478 e. The second-order valence-electron chi connectivity index (χ2n) is 6.90. The number of rotatable bonds is 12. The number of hydrogen-bond acceptors (Lipinski definition) is 6. The summed E-state index contributed by atoms with van der Waals surface area (Å²) >= 11 is 0. The molecule has 0 aromatic heterocycles. The van der Waals surface area contributed by atoms with E-state index in [4.69, 9.17) is 11.1 Å². The Balaban J connectivity index is -0.000000329. The molecule has 34 heteroatoms. The largest absolute Gasteiger partial charge is 0.478 e. The van der Waals surface area contributed by atoms with E-state index in [9.17, 15) is 106 Å². The summed E-state index contributed by atoms with van der Waals surface area (Å²) in [5.74, 6) is -7.24. The number of ether oxygens (including phenoxy) is 2. The lowest BCUT2D eigenvalue weighted by Crippen LogP contribution is -2.63. The van der Waals surface area contributed by atoms with Crippen LogP contribution in [-0.2, 0) is 19.4 Å². The maximum absolute atomic E-state index is 13.2. The fraction of sp³-hybridized carbons (Fsp3) is 1.00. The van der Waals surface area contributed by atoms with E-state index in [1.54, 1.807) is 9.68 Å². The van der Waals surface area contributed by atoms with Gasteiger partial charge in [0.15, 0.2) is 6.80 Å². The molecule has 0 saturated heterocycles. The highest BCUT2D eigenvalue weighted by Gasteiger charge is 2.80. The van der Waals surface area contributed by atoms with Crippen LogP contribution in [0, 0.1) is 0 Å². The first kappa shape index (κ1) is 51.6. The van der Waals surface area contributed by atoms with Crippen molar-refractivity contribution in [2.75, 3.05) is 20.0 Å². The quantitative estimate of drug-likeness (QED) is 0.0640. The van der Waals surface area contributed by atoms with Gasteiger partial charge >= 0.3 is 55.0 Å². The molecule has 0 aliphatic heterocycles. The molecular weight excluding hydrogens is 772 g/mol. The molecule has 0 radical (unpaired) electrons. The number of nitrogens with zero attached hydrogens (tertiary/aromatic N) is 6. The molecular formula is C14H10F24N6O4. The second-order valence-corrected chi connectivity index (χ2v) is 6.90. The van der Waals surface area contributed by atoms with Gasteiger partial charge in [0.25, 0.3) is 0 Å². The summed E-state index contributed by atoms with van der Waals surface area (Å²) in [7, 11) is 0. The van der Waals surface area contributed by atoms with E-state index in [0.717, 1.165) is 0 Å². The zero-order valence-electron chi connectivity index (χ0n) is 21.4. The van der Waals surface area contributed by atoms with Gasteiger partial charge in [-0.15, -0.1) is 9.88 Å². The van der Waals surface area contributed by atoms with Gasteiger partial charge in [0.05, 0.1) is 0 Å². The van der Waals surface area contributed by atoms with E-state index < -0.39 is 87.8 Å². The van der Waals surface area contributed by atoms with Crippen molar-refractivity contribution in [2.24, 2.45) is 10.2 Å². The Morgan fingerprint density at radius 2 is 0.979 bits per heavy atom. The zero-order valence-corrected chi connectivity index (χ0v) is 21.4. The molecule has 0 rings (SSSR count). The van der Waals surface area contributed by atoms with Crippen molar-refractivity contribution in [3.63, 3.8) is 0 Å². The van der Waals surface area contributed by atoms with Crippen molar-refractivity contribution in [2.45, 2.75) is 67.8 Å². The van der Waals surface area contributed by atoms with Gasteiger partial charge in [0.1, 0.15) is 13.0 Å². The highest BCUT2D eigenvalue weighted by molar-refractivity contribution is 4.89. The zero-order chi connectivity index (χ0) is 39.7. The van der Waals surface area contributed by atoms with Crippen LogP contribution in [0.5, 0.6) is 0 Å². The Morgan fingerprint density at radius 1 is 0.542 bits per heavy atom. The second kappa shape index (κ2) is 19.7. The number of hydrogen-bond donors (Lipinski definition) is 0. The molecule has 48 heavy (non-hydrogen) atoms. The predicted molar refractivity (Wildman–Crippen MR) is 97.6 cm³/mol. The highest BCUT2D eigenvalue weighted by Crippen LogP contribution is 2.52. The summed E-state index contributed by atoms with van der Waals surface area (Å²) < 4.78 is 285. The molecule has 288 valence electrons. The summed E-state index contributed by atoms with van der Waals surface area (Å²) in [5.41, 5.74) is 14.8. The summed E-state index contributed by atoms with van der Waals surface area (Å²) in [6, 6.07) is 0. The van der Waals surface area contributed by atoms with E-state index in [0.29, 0.717) is 0 Å². The van der Waals surface area contributed by atoms with Crippen molar-refractivity contribution in [3.05, 3.63) is 20.9 Å². The van der Waals surface area contributed by atoms with Gasteiger partial charge in [-0.1, -0.05) is 10.2 Å². The van der Waals surface area contributed by atoms with Crippen LogP contribution in [0.3, 0.4) is 0 Å². The fourth-order valence-electron chi connectivity index (χ4n) is 1.33. The van der Waals surface area contributed by atoms with Crippen LogP contribution in [0.1, 0.15) is 12.8 Å². The lowest BCUT2D eigenvalue weighted by atomic mass is 10.2. The predicted octanol–water partition coefficient (Wildman–Crippen LogP) is 10.4. The van der Waals surface area contributed by atoms with Gasteiger partial charge < -0.3 is 4.74 Å². The van der Waals surface area contributed by atoms with Crippen LogP contribution >= 0.6 is 0 Å². The number of alkyl halides is 22. The number of halogens is 24. The van der Waals surface area contributed by atoms with E-state index in [1.807, 2.05) is 0 Å².